The molecule has 0 spiro atoms. The molecule has 0 nitrogen and oxygen atoms in total. The summed E-state index contributed by atoms with van der Waals surface area (Å²) in [5.74, 6) is 1.40. The van der Waals surface area contributed by atoms with Crippen molar-refractivity contribution in [3.63, 3.8) is 0 Å². The number of rotatable bonds is 0. The number of halogens is 2. The van der Waals surface area contributed by atoms with Crippen LogP contribution in [0.1, 0.15) is 117 Å². The summed E-state index contributed by atoms with van der Waals surface area (Å²) in [5, 5.41) is 0. The first-order chi connectivity index (χ1) is 11.6. The molecule has 0 aliphatic heterocycles. The van der Waals surface area contributed by atoms with Crippen LogP contribution >= 0.6 is 0 Å². The van der Waals surface area contributed by atoms with Crippen molar-refractivity contribution in [2.75, 3.05) is 0 Å². The summed E-state index contributed by atoms with van der Waals surface area (Å²) in [6, 6.07) is 0. The van der Waals surface area contributed by atoms with Crippen LogP contribution in [0.5, 0.6) is 0 Å². The second-order valence-corrected chi connectivity index (χ2v) is 8.54. The zero-order valence-electron chi connectivity index (χ0n) is 16.4. The Morgan fingerprint density at radius 1 is 0.417 bits per heavy atom. The van der Waals surface area contributed by atoms with E-state index < -0.39 is 12.3 Å². The van der Waals surface area contributed by atoms with Crippen molar-refractivity contribution in [1.29, 1.82) is 0 Å². The third kappa shape index (κ3) is 12.3. The molecule has 1 aliphatic carbocycles. The molecule has 1 rings (SSSR count). The fourth-order valence-electron chi connectivity index (χ4n) is 4.02. The summed E-state index contributed by atoms with van der Waals surface area (Å²) < 4.78 is 27.8. The first kappa shape index (κ1) is 21.9. The van der Waals surface area contributed by atoms with Crippen LogP contribution in [0.4, 0.5) is 8.78 Å². The highest BCUT2D eigenvalue weighted by Gasteiger charge is 2.11. The maximum Gasteiger partial charge on any atom is 0.100 e. The van der Waals surface area contributed by atoms with Gasteiger partial charge in [-0.25, -0.2) is 8.78 Å². The van der Waals surface area contributed by atoms with Gasteiger partial charge in [-0.1, -0.05) is 90.9 Å². The second-order valence-electron chi connectivity index (χ2n) is 8.54. The van der Waals surface area contributed by atoms with Crippen LogP contribution in [0.3, 0.4) is 0 Å². The van der Waals surface area contributed by atoms with Gasteiger partial charge in [-0.2, -0.15) is 0 Å². The van der Waals surface area contributed by atoms with Crippen molar-refractivity contribution in [3.8, 4) is 0 Å². The smallest absolute Gasteiger partial charge is 0.100 e. The Morgan fingerprint density at radius 3 is 1.12 bits per heavy atom. The van der Waals surface area contributed by atoms with Crippen LogP contribution in [-0.4, -0.2) is 12.3 Å². The molecular formula is C22H42F2. The molecule has 0 radical (unpaired) electrons. The van der Waals surface area contributed by atoms with Crippen molar-refractivity contribution in [3.05, 3.63) is 0 Å². The predicted octanol–water partition coefficient (Wildman–Crippen LogP) is 8.19. The van der Waals surface area contributed by atoms with Crippen molar-refractivity contribution in [2.45, 2.75) is 129 Å². The summed E-state index contributed by atoms with van der Waals surface area (Å²) in [4.78, 5) is 0. The Bertz CT molecular complexity index is 227. The van der Waals surface area contributed by atoms with Gasteiger partial charge in [0, 0.05) is 0 Å². The molecule has 24 heavy (non-hydrogen) atoms. The molecule has 1 saturated carbocycles. The molecule has 0 aromatic carbocycles. The molecule has 1 fully saturated rings. The second kappa shape index (κ2) is 14.1. The van der Waals surface area contributed by atoms with E-state index in [-0.39, 0.29) is 0 Å². The van der Waals surface area contributed by atoms with Crippen molar-refractivity contribution < 1.29 is 8.78 Å². The van der Waals surface area contributed by atoms with E-state index in [0.29, 0.717) is 11.8 Å². The average Bonchev–Trinajstić information content (AvgIpc) is 2.53. The Hall–Kier alpha value is -0.140. The highest BCUT2D eigenvalue weighted by Crippen LogP contribution is 2.23. The van der Waals surface area contributed by atoms with E-state index in [1.165, 1.54) is 25.7 Å². The molecule has 0 amide bonds. The summed E-state index contributed by atoms with van der Waals surface area (Å²) in [6.07, 6.45) is 15.5. The standard InChI is InChI=1S/C22H42F2/c1-19-11-5-3-7-15-22(24)18-10-14-20(2)12-6-4-8-16-21(23)17-9-13-19/h19-22H,3-18H2,1-2H3. The van der Waals surface area contributed by atoms with Crippen LogP contribution < -0.4 is 0 Å². The van der Waals surface area contributed by atoms with E-state index in [4.69, 9.17) is 0 Å². The topological polar surface area (TPSA) is 0 Å². The van der Waals surface area contributed by atoms with E-state index in [9.17, 15) is 8.78 Å². The molecule has 0 aromatic rings. The van der Waals surface area contributed by atoms with Gasteiger partial charge in [0.15, 0.2) is 0 Å². The monoisotopic (exact) mass is 344 g/mol. The Morgan fingerprint density at radius 2 is 0.708 bits per heavy atom. The lowest BCUT2D eigenvalue weighted by Gasteiger charge is -2.15. The van der Waals surface area contributed by atoms with Gasteiger partial charge >= 0.3 is 0 Å². The molecule has 2 heteroatoms. The minimum Gasteiger partial charge on any atom is -0.247 e. The van der Waals surface area contributed by atoms with Gasteiger partial charge in [-0.15, -0.1) is 0 Å². The minimum atomic E-state index is -0.582. The van der Waals surface area contributed by atoms with Crippen molar-refractivity contribution >= 4 is 0 Å². The summed E-state index contributed by atoms with van der Waals surface area (Å²) in [6.45, 7) is 4.58. The lowest BCUT2D eigenvalue weighted by Crippen LogP contribution is -2.04. The first-order valence-corrected chi connectivity index (χ1v) is 10.9. The molecule has 4 unspecified atom stereocenters. The average molecular weight is 345 g/mol. The zero-order valence-corrected chi connectivity index (χ0v) is 16.4. The van der Waals surface area contributed by atoms with Crippen LogP contribution in [0.25, 0.3) is 0 Å². The van der Waals surface area contributed by atoms with Gasteiger partial charge in [0.25, 0.3) is 0 Å². The molecule has 1 aliphatic rings. The van der Waals surface area contributed by atoms with E-state index >= 15 is 0 Å². The fraction of sp³-hybridized carbons (Fsp3) is 1.00. The fourth-order valence-corrected chi connectivity index (χ4v) is 4.02. The molecule has 0 saturated heterocycles. The number of hydrogen-bond donors (Lipinski definition) is 0. The maximum atomic E-state index is 13.9. The lowest BCUT2D eigenvalue weighted by atomic mass is 9.93. The maximum absolute atomic E-state index is 13.9. The van der Waals surface area contributed by atoms with Gasteiger partial charge in [0.1, 0.15) is 12.3 Å². The summed E-state index contributed by atoms with van der Waals surface area (Å²) in [7, 11) is 0. The van der Waals surface area contributed by atoms with Crippen molar-refractivity contribution in [1.82, 2.24) is 0 Å². The quantitative estimate of drug-likeness (QED) is 0.415. The van der Waals surface area contributed by atoms with E-state index in [0.717, 1.165) is 77.0 Å². The van der Waals surface area contributed by atoms with Gasteiger partial charge in [-0.05, 0) is 37.5 Å². The van der Waals surface area contributed by atoms with E-state index in [1.807, 2.05) is 0 Å². The Kier molecular flexibility index (Phi) is 12.8. The third-order valence-corrected chi connectivity index (χ3v) is 5.86. The molecule has 0 N–H and O–H groups in total. The molecule has 4 atom stereocenters. The highest BCUT2D eigenvalue weighted by molar-refractivity contribution is 4.64. The summed E-state index contributed by atoms with van der Waals surface area (Å²) >= 11 is 0. The van der Waals surface area contributed by atoms with Crippen LogP contribution in [0.15, 0.2) is 0 Å². The largest absolute Gasteiger partial charge is 0.247 e. The molecule has 0 bridgehead atoms. The Labute approximate surface area is 150 Å². The normalized spacial score (nSPS) is 34.5. The zero-order chi connectivity index (χ0) is 17.6. The van der Waals surface area contributed by atoms with E-state index in [1.54, 1.807) is 0 Å². The van der Waals surface area contributed by atoms with Gasteiger partial charge < -0.3 is 0 Å². The molecule has 144 valence electrons. The first-order valence-electron chi connectivity index (χ1n) is 10.9. The van der Waals surface area contributed by atoms with Gasteiger partial charge in [-0.3, -0.25) is 0 Å². The molecular weight excluding hydrogens is 302 g/mol. The van der Waals surface area contributed by atoms with Crippen LogP contribution in [0.2, 0.25) is 0 Å². The molecule has 0 heterocycles. The minimum absolute atomic E-state index is 0.582. The molecule has 0 aromatic heterocycles. The highest BCUT2D eigenvalue weighted by atomic mass is 19.1. The van der Waals surface area contributed by atoms with E-state index in [2.05, 4.69) is 13.8 Å². The summed E-state index contributed by atoms with van der Waals surface area (Å²) in [5.41, 5.74) is 0. The van der Waals surface area contributed by atoms with Gasteiger partial charge in [0.2, 0.25) is 0 Å². The SMILES string of the molecule is CC1CCCCCC(F)CCCC(C)CCCCCC(F)CCC1. The van der Waals surface area contributed by atoms with Crippen LogP contribution in [-0.2, 0) is 0 Å². The lowest BCUT2D eigenvalue weighted by molar-refractivity contribution is 0.264. The van der Waals surface area contributed by atoms with Crippen molar-refractivity contribution in [2.24, 2.45) is 11.8 Å². The number of hydrogen-bond acceptors (Lipinski definition) is 0. The third-order valence-electron chi connectivity index (χ3n) is 5.86. The van der Waals surface area contributed by atoms with Crippen LogP contribution in [0, 0.1) is 11.8 Å². The van der Waals surface area contributed by atoms with Gasteiger partial charge in [0.05, 0.1) is 0 Å². The Balaban J connectivity index is 2.29. The number of alkyl halides is 2. The predicted molar refractivity (Wildman–Crippen MR) is 102 cm³/mol.